The second-order valence-corrected chi connectivity index (χ2v) is 11.8. The van der Waals surface area contributed by atoms with Crippen molar-refractivity contribution in [3.63, 3.8) is 0 Å². The zero-order chi connectivity index (χ0) is 28.3. The molecule has 0 saturated carbocycles. The zero-order valence-corrected chi connectivity index (χ0v) is 23.6. The van der Waals surface area contributed by atoms with E-state index in [0.29, 0.717) is 29.0 Å². The Morgan fingerprint density at radius 1 is 1.03 bits per heavy atom. The van der Waals surface area contributed by atoms with Crippen LogP contribution < -0.4 is 0 Å². The van der Waals surface area contributed by atoms with Crippen molar-refractivity contribution < 1.29 is 31.1 Å². The number of hydrogen-bond acceptors (Lipinski definition) is 4. The maximum Gasteiger partial charge on any atom is 0.389 e. The molecule has 0 radical (unpaired) electrons. The lowest BCUT2D eigenvalue weighted by atomic mass is 9.94. The number of unbranched alkanes of at least 4 members (excludes halogenated alkanes) is 1. The summed E-state index contributed by atoms with van der Waals surface area (Å²) in [6.45, 7) is 6.34. The second-order valence-electron chi connectivity index (χ2n) is 9.76. The molecule has 0 heterocycles. The van der Waals surface area contributed by atoms with Crippen molar-refractivity contribution in [2.75, 3.05) is 19.4 Å². The van der Waals surface area contributed by atoms with Crippen LogP contribution in [0.15, 0.2) is 42.5 Å². The number of esters is 1. The van der Waals surface area contributed by atoms with Crippen molar-refractivity contribution in [2.45, 2.75) is 78.4 Å². The summed E-state index contributed by atoms with van der Waals surface area (Å²) in [5.74, 6) is -0.733. The predicted molar refractivity (Wildman–Crippen MR) is 145 cm³/mol. The molecule has 38 heavy (non-hydrogen) atoms. The van der Waals surface area contributed by atoms with E-state index >= 15 is 0 Å². The number of alkyl halides is 3. The summed E-state index contributed by atoms with van der Waals surface area (Å²) in [5.41, 5.74) is 3.39. The Balaban J connectivity index is 2.41. The minimum Gasteiger partial charge on any atom is -0.465 e. The van der Waals surface area contributed by atoms with Crippen molar-refractivity contribution in [3.05, 3.63) is 59.2 Å². The topological polar surface area (TPSA) is 63.7 Å². The van der Waals surface area contributed by atoms with E-state index in [1.54, 1.807) is 18.2 Å². The molecule has 5 nitrogen and oxygen atoms in total. The van der Waals surface area contributed by atoms with Crippen LogP contribution in [0.2, 0.25) is 0 Å². The van der Waals surface area contributed by atoms with Gasteiger partial charge in [0.05, 0.1) is 18.4 Å². The van der Waals surface area contributed by atoms with E-state index in [2.05, 4.69) is 13.8 Å². The molecule has 9 heteroatoms. The van der Waals surface area contributed by atoms with E-state index in [1.165, 1.54) is 11.4 Å². The third-order valence-corrected chi connectivity index (χ3v) is 8.77. The molecular formula is C29H40F3NO4S. The number of carbonyl (C=O) groups excluding carboxylic acids is 1. The van der Waals surface area contributed by atoms with Crippen LogP contribution in [-0.2, 0) is 21.3 Å². The highest BCUT2D eigenvalue weighted by Gasteiger charge is 2.30. The SMILES string of the molecule is CCCCC(CC)CCN(Cc1ccc(C(=O)OC)c(-c2ccccc2C)c1)S(=O)(=O)CCCC(F)(F)F. The van der Waals surface area contributed by atoms with Crippen molar-refractivity contribution in [2.24, 2.45) is 5.92 Å². The molecule has 0 aliphatic rings. The van der Waals surface area contributed by atoms with Gasteiger partial charge in [-0.15, -0.1) is 0 Å². The van der Waals surface area contributed by atoms with E-state index in [9.17, 15) is 26.4 Å². The molecule has 0 amide bonds. The third-order valence-electron chi connectivity index (χ3n) is 6.87. The van der Waals surface area contributed by atoms with Gasteiger partial charge >= 0.3 is 12.1 Å². The molecule has 212 valence electrons. The summed E-state index contributed by atoms with van der Waals surface area (Å²) in [5, 5.41) is 0. The number of aryl methyl sites for hydroxylation is 1. The number of benzene rings is 2. The fraction of sp³-hybridized carbons (Fsp3) is 0.552. The first-order valence-corrected chi connectivity index (χ1v) is 14.8. The van der Waals surface area contributed by atoms with E-state index in [-0.39, 0.29) is 13.1 Å². The van der Waals surface area contributed by atoms with Gasteiger partial charge in [0.2, 0.25) is 10.0 Å². The van der Waals surface area contributed by atoms with Gasteiger partial charge in [-0.05, 0) is 60.1 Å². The zero-order valence-electron chi connectivity index (χ0n) is 22.8. The molecule has 0 aromatic heterocycles. The van der Waals surface area contributed by atoms with Crippen LogP contribution in [0.5, 0.6) is 0 Å². The maximum absolute atomic E-state index is 13.3. The Morgan fingerprint density at radius 2 is 1.74 bits per heavy atom. The van der Waals surface area contributed by atoms with Gasteiger partial charge in [-0.1, -0.05) is 69.9 Å². The highest BCUT2D eigenvalue weighted by molar-refractivity contribution is 7.89. The average molecular weight is 556 g/mol. The normalized spacial score (nSPS) is 13.1. The number of hydrogen-bond donors (Lipinski definition) is 0. The van der Waals surface area contributed by atoms with E-state index in [1.807, 2.05) is 31.2 Å². The number of ether oxygens (including phenoxy) is 1. The molecule has 0 saturated heterocycles. The average Bonchev–Trinajstić information content (AvgIpc) is 2.86. The van der Waals surface area contributed by atoms with Crippen LogP contribution in [0.1, 0.15) is 80.3 Å². The molecule has 0 fully saturated rings. The monoisotopic (exact) mass is 555 g/mol. The number of rotatable bonds is 15. The molecule has 0 aliphatic carbocycles. The van der Waals surface area contributed by atoms with Crippen molar-refractivity contribution in [1.29, 1.82) is 0 Å². The van der Waals surface area contributed by atoms with Crippen LogP contribution in [0.4, 0.5) is 13.2 Å². The minimum atomic E-state index is -4.40. The van der Waals surface area contributed by atoms with Gasteiger partial charge in [0.25, 0.3) is 0 Å². The number of sulfonamides is 1. The lowest BCUT2D eigenvalue weighted by molar-refractivity contribution is -0.134. The fourth-order valence-corrected chi connectivity index (χ4v) is 6.05. The quantitative estimate of drug-likeness (QED) is 0.213. The Morgan fingerprint density at radius 3 is 2.34 bits per heavy atom. The smallest absolute Gasteiger partial charge is 0.389 e. The van der Waals surface area contributed by atoms with Crippen molar-refractivity contribution >= 4 is 16.0 Å². The molecule has 1 unspecified atom stereocenters. The highest BCUT2D eigenvalue weighted by atomic mass is 32.2. The Kier molecular flexibility index (Phi) is 12.3. The van der Waals surface area contributed by atoms with Crippen LogP contribution in [-0.4, -0.2) is 44.3 Å². The molecule has 0 spiro atoms. The Labute approximate surface area is 225 Å². The van der Waals surface area contributed by atoms with E-state index < -0.39 is 40.8 Å². The summed E-state index contributed by atoms with van der Waals surface area (Å²) < 4.78 is 70.9. The largest absolute Gasteiger partial charge is 0.465 e. The molecule has 2 aromatic carbocycles. The van der Waals surface area contributed by atoms with E-state index in [4.69, 9.17) is 4.74 Å². The summed E-state index contributed by atoms with van der Waals surface area (Å²) in [4.78, 5) is 12.5. The molecule has 1 atom stereocenters. The lowest BCUT2D eigenvalue weighted by Crippen LogP contribution is -2.34. The molecule has 0 bridgehead atoms. The highest BCUT2D eigenvalue weighted by Crippen LogP contribution is 2.30. The maximum atomic E-state index is 13.3. The summed E-state index contributed by atoms with van der Waals surface area (Å²) in [7, 11) is -2.64. The first kappa shape index (κ1) is 31.8. The summed E-state index contributed by atoms with van der Waals surface area (Å²) in [6.07, 6.45) is -1.40. The molecule has 2 aromatic rings. The first-order chi connectivity index (χ1) is 17.9. The fourth-order valence-electron chi connectivity index (χ4n) is 4.55. The van der Waals surface area contributed by atoms with Gasteiger partial charge < -0.3 is 4.74 Å². The van der Waals surface area contributed by atoms with Crippen LogP contribution >= 0.6 is 0 Å². The minimum absolute atomic E-state index is 0.0128. The molecular weight excluding hydrogens is 515 g/mol. The van der Waals surface area contributed by atoms with Gasteiger partial charge in [-0.2, -0.15) is 17.5 Å². The van der Waals surface area contributed by atoms with Crippen LogP contribution in [0.25, 0.3) is 11.1 Å². The van der Waals surface area contributed by atoms with Gasteiger partial charge in [0.15, 0.2) is 0 Å². The van der Waals surface area contributed by atoms with Crippen molar-refractivity contribution in [3.8, 4) is 11.1 Å². The van der Waals surface area contributed by atoms with E-state index in [0.717, 1.165) is 36.8 Å². The molecule has 0 N–H and O–H groups in total. The third kappa shape index (κ3) is 9.73. The van der Waals surface area contributed by atoms with Gasteiger partial charge in [0.1, 0.15) is 0 Å². The first-order valence-electron chi connectivity index (χ1n) is 13.2. The molecule has 0 aliphatic heterocycles. The number of halogens is 3. The lowest BCUT2D eigenvalue weighted by Gasteiger charge is -2.25. The summed E-state index contributed by atoms with van der Waals surface area (Å²) in [6, 6.07) is 12.6. The summed E-state index contributed by atoms with van der Waals surface area (Å²) >= 11 is 0. The Bertz CT molecular complexity index is 1150. The van der Waals surface area contributed by atoms with Gasteiger partial charge in [0, 0.05) is 19.5 Å². The number of nitrogens with zero attached hydrogens (tertiary/aromatic N) is 1. The van der Waals surface area contributed by atoms with Crippen LogP contribution in [0, 0.1) is 12.8 Å². The number of carbonyl (C=O) groups is 1. The number of methoxy groups -OCH3 is 1. The second kappa shape index (κ2) is 14.7. The standard InChI is InChI=1S/C29H40F3NO4S/c1-5-7-12-23(6-2)16-18-33(38(35,36)19-10-17-29(30,31)32)21-24-14-15-26(28(34)37-4)27(20-24)25-13-9-8-11-22(25)3/h8-9,11,13-15,20,23H,5-7,10,12,16-19,21H2,1-4H3. The van der Waals surface area contributed by atoms with Gasteiger partial charge in [-0.3, -0.25) is 0 Å². The van der Waals surface area contributed by atoms with Crippen molar-refractivity contribution in [1.82, 2.24) is 4.31 Å². The molecule has 2 rings (SSSR count). The van der Waals surface area contributed by atoms with Gasteiger partial charge in [-0.25, -0.2) is 13.2 Å². The Hall–Kier alpha value is -2.39. The van der Waals surface area contributed by atoms with Crippen LogP contribution in [0.3, 0.4) is 0 Å². The predicted octanol–water partition coefficient (Wildman–Crippen LogP) is 7.53.